The Labute approximate surface area is 112 Å². The Kier molecular flexibility index (Phi) is 4.54. The van der Waals surface area contributed by atoms with Crippen LogP contribution in [0.3, 0.4) is 0 Å². The molecule has 1 heterocycles. The van der Waals surface area contributed by atoms with Gasteiger partial charge in [0.05, 0.1) is 18.1 Å². The van der Waals surface area contributed by atoms with Gasteiger partial charge in [0.15, 0.2) is 9.84 Å². The number of rotatable bonds is 5. The summed E-state index contributed by atoms with van der Waals surface area (Å²) in [6, 6.07) is 6.16. The molecular weight excluding hydrogens is 269 g/mol. The highest BCUT2D eigenvalue weighted by Crippen LogP contribution is 2.20. The molecule has 1 saturated heterocycles. The van der Waals surface area contributed by atoms with Crippen LogP contribution in [-0.4, -0.2) is 49.1 Å². The number of benzene rings is 1. The van der Waals surface area contributed by atoms with Crippen LogP contribution < -0.4 is 0 Å². The van der Waals surface area contributed by atoms with Crippen LogP contribution in [0.5, 0.6) is 0 Å². The van der Waals surface area contributed by atoms with Gasteiger partial charge in [-0.1, -0.05) is 12.1 Å². The summed E-state index contributed by atoms with van der Waals surface area (Å²) in [6.07, 6.45) is 0.581. The van der Waals surface area contributed by atoms with Crippen LogP contribution in [0.25, 0.3) is 0 Å². The summed E-state index contributed by atoms with van der Waals surface area (Å²) in [4.78, 5) is 1.92. The van der Waals surface area contributed by atoms with E-state index < -0.39 is 9.84 Å². The number of aliphatic hydroxyl groups excluding tert-OH is 1. The average molecular weight is 287 g/mol. The number of nitrogens with zero attached hydrogens (tertiary/aromatic N) is 1. The smallest absolute Gasteiger partial charge is 0.151 e. The molecule has 1 N–H and O–H groups in total. The van der Waals surface area contributed by atoms with Crippen LogP contribution in [0.15, 0.2) is 24.3 Å². The zero-order chi connectivity index (χ0) is 13.9. The topological polar surface area (TPSA) is 57.6 Å². The molecule has 6 heteroatoms. The number of hydrogen-bond acceptors (Lipinski definition) is 4. The third kappa shape index (κ3) is 3.99. The van der Waals surface area contributed by atoms with Gasteiger partial charge in [-0.3, -0.25) is 4.90 Å². The first-order chi connectivity index (χ1) is 9.00. The molecule has 1 aliphatic rings. The normalized spacial score (nSPS) is 21.9. The zero-order valence-corrected chi connectivity index (χ0v) is 11.4. The minimum atomic E-state index is -2.96. The summed E-state index contributed by atoms with van der Waals surface area (Å²) >= 11 is 0. The molecule has 0 radical (unpaired) electrons. The average Bonchev–Trinajstić information content (AvgIpc) is 2.69. The number of halogens is 1. The Balaban J connectivity index is 2.08. The molecule has 0 aliphatic carbocycles. The van der Waals surface area contributed by atoms with Crippen LogP contribution in [-0.2, 0) is 16.4 Å². The lowest BCUT2D eigenvalue weighted by Crippen LogP contribution is -2.37. The van der Waals surface area contributed by atoms with Crippen molar-refractivity contribution < 1.29 is 17.9 Å². The van der Waals surface area contributed by atoms with E-state index in [2.05, 4.69) is 0 Å². The number of sulfone groups is 1. The quantitative estimate of drug-likeness (QED) is 0.870. The maximum atomic E-state index is 13.1. The van der Waals surface area contributed by atoms with Gasteiger partial charge in [-0.2, -0.15) is 0 Å². The van der Waals surface area contributed by atoms with Gasteiger partial charge in [0.25, 0.3) is 0 Å². The monoisotopic (exact) mass is 287 g/mol. The van der Waals surface area contributed by atoms with Gasteiger partial charge in [0.1, 0.15) is 5.82 Å². The van der Waals surface area contributed by atoms with Crippen molar-refractivity contribution in [2.75, 3.05) is 24.7 Å². The van der Waals surface area contributed by atoms with Crippen molar-refractivity contribution >= 4 is 9.84 Å². The molecule has 0 bridgehead atoms. The van der Waals surface area contributed by atoms with Crippen LogP contribution >= 0.6 is 0 Å². The Morgan fingerprint density at radius 3 is 2.79 bits per heavy atom. The lowest BCUT2D eigenvalue weighted by molar-refractivity contribution is 0.153. The molecular formula is C13H18FNO3S. The minimum absolute atomic E-state index is 0.0358. The third-order valence-electron chi connectivity index (χ3n) is 3.39. The van der Waals surface area contributed by atoms with Crippen molar-refractivity contribution in [1.29, 1.82) is 0 Å². The largest absolute Gasteiger partial charge is 0.395 e. The van der Waals surface area contributed by atoms with Gasteiger partial charge < -0.3 is 5.11 Å². The molecule has 0 aromatic heterocycles. The molecule has 1 aromatic rings. The highest BCUT2D eigenvalue weighted by atomic mass is 32.2. The van der Waals surface area contributed by atoms with Crippen molar-refractivity contribution in [1.82, 2.24) is 4.90 Å². The Morgan fingerprint density at radius 2 is 2.21 bits per heavy atom. The lowest BCUT2D eigenvalue weighted by Gasteiger charge is -2.27. The second-order valence-electron chi connectivity index (χ2n) is 4.88. The fourth-order valence-corrected chi connectivity index (χ4v) is 4.21. The first-order valence-electron chi connectivity index (χ1n) is 6.30. The van der Waals surface area contributed by atoms with Crippen LogP contribution in [0.2, 0.25) is 0 Å². The maximum absolute atomic E-state index is 13.1. The van der Waals surface area contributed by atoms with E-state index in [4.69, 9.17) is 5.11 Å². The fourth-order valence-electron chi connectivity index (χ4n) is 2.45. The minimum Gasteiger partial charge on any atom is -0.395 e. The zero-order valence-electron chi connectivity index (χ0n) is 10.6. The van der Waals surface area contributed by atoms with Crippen LogP contribution in [0, 0.1) is 5.82 Å². The van der Waals surface area contributed by atoms with Gasteiger partial charge in [-0.15, -0.1) is 0 Å². The summed E-state index contributed by atoms with van der Waals surface area (Å²) in [5.74, 6) is 0.0194. The molecule has 2 rings (SSSR count). The Morgan fingerprint density at radius 1 is 1.42 bits per heavy atom. The van der Waals surface area contributed by atoms with Crippen molar-refractivity contribution in [2.24, 2.45) is 0 Å². The van der Waals surface area contributed by atoms with Crippen LogP contribution in [0.4, 0.5) is 4.39 Å². The summed E-state index contributed by atoms with van der Waals surface area (Å²) in [6.45, 7) is 0.821. The predicted octanol–water partition coefficient (Wildman–Crippen LogP) is 0.807. The van der Waals surface area contributed by atoms with Crippen molar-refractivity contribution in [3.05, 3.63) is 35.6 Å². The van der Waals surface area contributed by atoms with Gasteiger partial charge in [0, 0.05) is 19.1 Å². The molecule has 1 fully saturated rings. The third-order valence-corrected chi connectivity index (χ3v) is 5.14. The van der Waals surface area contributed by atoms with E-state index >= 15 is 0 Å². The highest BCUT2D eigenvalue weighted by molar-refractivity contribution is 7.91. The standard InChI is InChI=1S/C13H18FNO3S/c14-12-3-1-2-11(8-12)9-15(5-6-16)13-4-7-19(17,18)10-13/h1-3,8,13,16H,4-7,9-10H2/t13-/m1/s1. The van der Waals surface area contributed by atoms with E-state index in [-0.39, 0.29) is 30.0 Å². The summed E-state index contributed by atoms with van der Waals surface area (Å²) in [7, 11) is -2.96. The van der Waals surface area contributed by atoms with E-state index in [1.54, 1.807) is 12.1 Å². The van der Waals surface area contributed by atoms with Crippen LogP contribution in [0.1, 0.15) is 12.0 Å². The second kappa shape index (κ2) is 5.98. The molecule has 0 saturated carbocycles. The van der Waals surface area contributed by atoms with Crippen molar-refractivity contribution in [2.45, 2.75) is 19.0 Å². The van der Waals surface area contributed by atoms with Crippen molar-refractivity contribution in [3.63, 3.8) is 0 Å². The lowest BCUT2D eigenvalue weighted by atomic mass is 10.1. The predicted molar refractivity (Wildman–Crippen MR) is 71.0 cm³/mol. The summed E-state index contributed by atoms with van der Waals surface area (Å²) in [5, 5.41) is 9.09. The molecule has 1 atom stereocenters. The number of aliphatic hydroxyl groups is 1. The molecule has 1 aliphatic heterocycles. The summed E-state index contributed by atoms with van der Waals surface area (Å²) < 4.78 is 36.2. The second-order valence-corrected chi connectivity index (χ2v) is 7.11. The molecule has 19 heavy (non-hydrogen) atoms. The summed E-state index contributed by atoms with van der Waals surface area (Å²) in [5.41, 5.74) is 0.790. The highest BCUT2D eigenvalue weighted by Gasteiger charge is 2.31. The van der Waals surface area contributed by atoms with Gasteiger partial charge >= 0.3 is 0 Å². The van der Waals surface area contributed by atoms with Gasteiger partial charge in [-0.25, -0.2) is 12.8 Å². The maximum Gasteiger partial charge on any atom is 0.151 e. The number of hydrogen-bond donors (Lipinski definition) is 1. The van der Waals surface area contributed by atoms with Gasteiger partial charge in [0.2, 0.25) is 0 Å². The molecule has 4 nitrogen and oxygen atoms in total. The van der Waals surface area contributed by atoms with E-state index in [1.165, 1.54) is 12.1 Å². The molecule has 0 unspecified atom stereocenters. The Hall–Kier alpha value is -0.980. The first-order valence-corrected chi connectivity index (χ1v) is 8.12. The SMILES string of the molecule is O=S1(=O)CC[C@@H](N(CCO)Cc2cccc(F)c2)C1. The Bertz CT molecular complexity index is 532. The fraction of sp³-hybridized carbons (Fsp3) is 0.538. The first kappa shape index (κ1) is 14.4. The van der Waals surface area contributed by atoms with E-state index in [0.29, 0.717) is 19.5 Å². The van der Waals surface area contributed by atoms with E-state index in [9.17, 15) is 12.8 Å². The van der Waals surface area contributed by atoms with E-state index in [0.717, 1.165) is 5.56 Å². The van der Waals surface area contributed by atoms with E-state index in [1.807, 2.05) is 4.90 Å². The molecule has 106 valence electrons. The van der Waals surface area contributed by atoms with Crippen molar-refractivity contribution in [3.8, 4) is 0 Å². The molecule has 0 amide bonds. The van der Waals surface area contributed by atoms with Gasteiger partial charge in [-0.05, 0) is 24.1 Å². The molecule has 0 spiro atoms. The molecule has 1 aromatic carbocycles.